The molecule has 23 heavy (non-hydrogen) atoms. The summed E-state index contributed by atoms with van der Waals surface area (Å²) in [6.45, 7) is 8.00. The van der Waals surface area contributed by atoms with Gasteiger partial charge in [0.15, 0.2) is 0 Å². The molecule has 124 valence electrons. The predicted molar refractivity (Wildman–Crippen MR) is 89.5 cm³/mol. The van der Waals surface area contributed by atoms with Gasteiger partial charge >= 0.3 is 6.03 Å². The normalized spacial score (nSPS) is 14.2. The molecule has 0 aliphatic carbocycles. The van der Waals surface area contributed by atoms with E-state index in [0.717, 1.165) is 15.5 Å². The maximum absolute atomic E-state index is 12.1. The van der Waals surface area contributed by atoms with Gasteiger partial charge in [-0.05, 0) is 12.1 Å². The van der Waals surface area contributed by atoms with Gasteiger partial charge in [-0.2, -0.15) is 0 Å². The van der Waals surface area contributed by atoms with Crippen molar-refractivity contribution in [2.24, 2.45) is 0 Å². The largest absolute Gasteiger partial charge is 0.328 e. The lowest BCUT2D eigenvalue weighted by Gasteiger charge is -2.20. The van der Waals surface area contributed by atoms with Gasteiger partial charge in [0, 0.05) is 0 Å². The molecule has 7 nitrogen and oxygen atoms in total. The van der Waals surface area contributed by atoms with E-state index in [1.54, 1.807) is 24.3 Å². The molecular formula is C15H19N3O4S. The summed E-state index contributed by atoms with van der Waals surface area (Å²) in [4.78, 5) is 46.5. The van der Waals surface area contributed by atoms with Crippen molar-refractivity contribution in [3.63, 3.8) is 0 Å². The van der Waals surface area contributed by atoms with Crippen LogP contribution in [0.5, 0.6) is 0 Å². The number of aromatic nitrogens is 1. The van der Waals surface area contributed by atoms with Gasteiger partial charge in [-0.1, -0.05) is 51.4 Å². The Bertz CT molecular complexity index is 758. The average Bonchev–Trinajstić information content (AvgIpc) is 2.88. The van der Waals surface area contributed by atoms with Crippen LogP contribution in [0.4, 0.5) is 4.79 Å². The Labute approximate surface area is 137 Å². The molecule has 2 aromatic rings. The zero-order valence-corrected chi connectivity index (χ0v) is 14.2. The molecule has 1 aliphatic heterocycles. The minimum absolute atomic E-state index is 0.426. The first kappa shape index (κ1) is 18.6. The molecule has 1 fully saturated rings. The number of carbonyl (C=O) groups excluding carboxylic acids is 3. The van der Waals surface area contributed by atoms with Gasteiger partial charge in [-0.25, -0.2) is 8.75 Å². The number of imide groups is 2. The van der Waals surface area contributed by atoms with E-state index in [1.807, 2.05) is 38.3 Å². The highest BCUT2D eigenvalue weighted by molar-refractivity contribution is 7.14. The molecule has 1 aromatic carbocycles. The number of rotatable bonds is 1. The number of hydrogen-bond acceptors (Lipinski definition) is 5. The fraction of sp³-hybridized carbons (Fsp3) is 0.333. The molecule has 8 heteroatoms. The first-order valence-corrected chi connectivity index (χ1v) is 8.11. The van der Waals surface area contributed by atoms with Crippen molar-refractivity contribution in [2.45, 2.75) is 33.7 Å². The maximum Gasteiger partial charge on any atom is 0.328 e. The molecule has 1 aromatic heterocycles. The van der Waals surface area contributed by atoms with Crippen molar-refractivity contribution in [3.8, 4) is 0 Å². The Morgan fingerprint density at radius 2 is 1.43 bits per heavy atom. The Kier molecular flexibility index (Phi) is 6.65. The third-order valence-corrected chi connectivity index (χ3v) is 3.85. The number of fused-ring (bicyclic) bond motifs is 1. The van der Waals surface area contributed by atoms with E-state index in [4.69, 9.17) is 0 Å². The van der Waals surface area contributed by atoms with E-state index >= 15 is 0 Å². The SMILES string of the molecule is CC.CC.O=C1NC(=O)C(n2sc3ccccc3c2=O)C(=O)N1. The lowest BCUT2D eigenvalue weighted by atomic mass is 10.2. The zero-order chi connectivity index (χ0) is 17.6. The number of barbiturate groups is 1. The van der Waals surface area contributed by atoms with Crippen LogP contribution in [0.2, 0.25) is 0 Å². The fourth-order valence-corrected chi connectivity index (χ4v) is 2.97. The molecule has 0 saturated carbocycles. The number of benzene rings is 1. The second-order valence-corrected chi connectivity index (χ2v) is 4.94. The van der Waals surface area contributed by atoms with Crippen molar-refractivity contribution in [2.75, 3.05) is 0 Å². The van der Waals surface area contributed by atoms with Gasteiger partial charge in [-0.3, -0.25) is 25.0 Å². The molecule has 2 heterocycles. The molecule has 0 unspecified atom stereocenters. The van der Waals surface area contributed by atoms with Crippen LogP contribution in [-0.4, -0.2) is 21.8 Å². The van der Waals surface area contributed by atoms with E-state index in [0.29, 0.717) is 10.1 Å². The van der Waals surface area contributed by atoms with Gasteiger partial charge in [0.2, 0.25) is 6.04 Å². The molecule has 3 rings (SSSR count). The van der Waals surface area contributed by atoms with Crippen molar-refractivity contribution in [1.29, 1.82) is 0 Å². The molecule has 1 saturated heterocycles. The van der Waals surface area contributed by atoms with E-state index in [9.17, 15) is 19.2 Å². The first-order valence-electron chi connectivity index (χ1n) is 7.34. The topological polar surface area (TPSA) is 97.3 Å². The minimum atomic E-state index is -1.34. The number of nitrogens with one attached hydrogen (secondary N) is 2. The van der Waals surface area contributed by atoms with Crippen LogP contribution in [0.1, 0.15) is 33.7 Å². The number of urea groups is 1. The summed E-state index contributed by atoms with van der Waals surface area (Å²) in [5, 5.41) is 4.37. The second-order valence-electron chi connectivity index (χ2n) is 3.93. The quantitative estimate of drug-likeness (QED) is 0.778. The van der Waals surface area contributed by atoms with Crippen LogP contribution < -0.4 is 16.2 Å². The van der Waals surface area contributed by atoms with Crippen LogP contribution in [0.3, 0.4) is 0 Å². The van der Waals surface area contributed by atoms with E-state index in [1.165, 1.54) is 0 Å². The summed E-state index contributed by atoms with van der Waals surface area (Å²) < 4.78 is 1.74. The number of hydrogen-bond donors (Lipinski definition) is 2. The standard InChI is InChI=1S/C11H7N3O4S.2C2H6/c15-8-7(9(16)13-11(18)12-8)14-10(17)5-3-1-2-4-6(5)19-14;2*1-2/h1-4,7H,(H2,12,13,15,16,18);2*1-2H3. The Morgan fingerprint density at radius 1 is 0.913 bits per heavy atom. The van der Waals surface area contributed by atoms with Gasteiger partial charge in [0.1, 0.15) is 0 Å². The predicted octanol–water partition coefficient (Wildman–Crippen LogP) is 2.02. The van der Waals surface area contributed by atoms with Crippen molar-refractivity contribution >= 4 is 39.5 Å². The van der Waals surface area contributed by atoms with Gasteiger partial charge in [0.05, 0.1) is 10.1 Å². The average molecular weight is 337 g/mol. The lowest BCUT2D eigenvalue weighted by Crippen LogP contribution is -2.56. The molecule has 0 radical (unpaired) electrons. The van der Waals surface area contributed by atoms with E-state index in [2.05, 4.69) is 0 Å². The molecule has 0 atom stereocenters. The van der Waals surface area contributed by atoms with Crippen LogP contribution in [0.15, 0.2) is 29.1 Å². The van der Waals surface area contributed by atoms with Crippen molar-refractivity contribution < 1.29 is 14.4 Å². The highest BCUT2D eigenvalue weighted by Gasteiger charge is 2.37. The van der Waals surface area contributed by atoms with Crippen molar-refractivity contribution in [1.82, 2.24) is 14.6 Å². The Hall–Kier alpha value is -2.48. The third-order valence-electron chi connectivity index (χ3n) is 2.72. The van der Waals surface area contributed by atoms with Crippen molar-refractivity contribution in [3.05, 3.63) is 34.6 Å². The Balaban J connectivity index is 0.000000615. The number of carbonyl (C=O) groups is 3. The fourth-order valence-electron chi connectivity index (χ4n) is 1.88. The number of nitrogens with zero attached hydrogens (tertiary/aromatic N) is 1. The first-order chi connectivity index (χ1) is 11.1. The summed E-state index contributed by atoms with van der Waals surface area (Å²) in [7, 11) is 0. The molecule has 4 amide bonds. The summed E-state index contributed by atoms with van der Waals surface area (Å²) in [5.74, 6) is -1.61. The summed E-state index contributed by atoms with van der Waals surface area (Å²) in [5.41, 5.74) is -0.426. The van der Waals surface area contributed by atoms with Gasteiger partial charge in [0.25, 0.3) is 17.4 Å². The summed E-state index contributed by atoms with van der Waals surface area (Å²) in [6.07, 6.45) is 0. The highest BCUT2D eigenvalue weighted by Crippen LogP contribution is 2.20. The van der Waals surface area contributed by atoms with Crippen LogP contribution in [-0.2, 0) is 9.59 Å². The van der Waals surface area contributed by atoms with Crippen LogP contribution in [0, 0.1) is 0 Å². The molecule has 0 spiro atoms. The molecule has 2 N–H and O–H groups in total. The smallest absolute Gasteiger partial charge is 0.275 e. The monoisotopic (exact) mass is 337 g/mol. The van der Waals surface area contributed by atoms with Crippen LogP contribution in [0.25, 0.3) is 10.1 Å². The maximum atomic E-state index is 12.1. The summed E-state index contributed by atoms with van der Waals surface area (Å²) >= 11 is 1.01. The van der Waals surface area contributed by atoms with Crippen LogP contribution >= 0.6 is 11.5 Å². The number of amides is 4. The lowest BCUT2D eigenvalue weighted by molar-refractivity contribution is -0.134. The zero-order valence-electron chi connectivity index (χ0n) is 13.4. The summed E-state index contributed by atoms with van der Waals surface area (Å²) in [6, 6.07) is 4.58. The molecular weight excluding hydrogens is 318 g/mol. The molecule has 0 bridgehead atoms. The minimum Gasteiger partial charge on any atom is -0.275 e. The van der Waals surface area contributed by atoms with E-state index in [-0.39, 0.29) is 0 Å². The third kappa shape index (κ3) is 3.65. The highest BCUT2D eigenvalue weighted by atomic mass is 32.1. The molecule has 1 aliphatic rings. The van der Waals surface area contributed by atoms with E-state index < -0.39 is 29.4 Å². The second kappa shape index (κ2) is 8.23. The Morgan fingerprint density at radius 3 is 1.96 bits per heavy atom. The van der Waals surface area contributed by atoms with Gasteiger partial charge in [-0.15, -0.1) is 0 Å². The van der Waals surface area contributed by atoms with Gasteiger partial charge < -0.3 is 0 Å².